The lowest BCUT2D eigenvalue weighted by Gasteiger charge is -2.36. The monoisotopic (exact) mass is 475 g/mol. The van der Waals surface area contributed by atoms with Crippen molar-refractivity contribution >= 4 is 40.8 Å². The predicted molar refractivity (Wildman–Crippen MR) is 133 cm³/mol. The zero-order valence-electron chi connectivity index (χ0n) is 18.2. The van der Waals surface area contributed by atoms with Gasteiger partial charge in [0.1, 0.15) is 5.02 Å². The van der Waals surface area contributed by atoms with E-state index in [9.17, 15) is 4.79 Å². The van der Waals surface area contributed by atoms with E-state index in [1.165, 1.54) is 4.68 Å². The summed E-state index contributed by atoms with van der Waals surface area (Å²) >= 11 is 6.47. The molecule has 3 heterocycles. The molecule has 1 aliphatic rings. The number of nitrogens with two attached hydrogens (primary N) is 1. The largest absolute Gasteiger partial charge is 0.368 e. The van der Waals surface area contributed by atoms with Crippen molar-refractivity contribution in [2.45, 2.75) is 0 Å². The lowest BCUT2D eigenvalue weighted by atomic mass is 10.3. The molecule has 1 saturated heterocycles. The highest BCUT2D eigenvalue weighted by molar-refractivity contribution is 6.33. The van der Waals surface area contributed by atoms with Crippen molar-refractivity contribution < 1.29 is 0 Å². The van der Waals surface area contributed by atoms with E-state index in [0.29, 0.717) is 49.5 Å². The molecule has 0 spiro atoms. The first kappa shape index (κ1) is 21.7. The minimum Gasteiger partial charge on any atom is -0.368 e. The van der Waals surface area contributed by atoms with Gasteiger partial charge in [-0.05, 0) is 24.3 Å². The molecule has 5 rings (SSSR count). The van der Waals surface area contributed by atoms with Crippen LogP contribution >= 0.6 is 11.6 Å². The van der Waals surface area contributed by atoms with E-state index >= 15 is 0 Å². The molecule has 0 unspecified atom stereocenters. The molecular weight excluding hydrogens is 454 g/mol. The Morgan fingerprint density at radius 3 is 2.21 bits per heavy atom. The van der Waals surface area contributed by atoms with Crippen molar-refractivity contribution in [3.63, 3.8) is 0 Å². The van der Waals surface area contributed by atoms with Crippen LogP contribution in [-0.2, 0) is 0 Å². The summed E-state index contributed by atoms with van der Waals surface area (Å²) in [5, 5.41) is 7.63. The van der Waals surface area contributed by atoms with Gasteiger partial charge in [-0.15, -0.1) is 0 Å². The molecule has 2 aromatic carbocycles. The van der Waals surface area contributed by atoms with Crippen molar-refractivity contribution in [1.82, 2.24) is 24.7 Å². The fraction of sp³-hybridized carbons (Fsp3) is 0.174. The molecule has 4 aromatic rings. The van der Waals surface area contributed by atoms with Crippen molar-refractivity contribution in [1.29, 1.82) is 0 Å². The summed E-state index contributed by atoms with van der Waals surface area (Å²) < 4.78 is 1.30. The molecule has 0 atom stereocenters. The summed E-state index contributed by atoms with van der Waals surface area (Å²) in [7, 11) is 0. The number of piperazine rings is 1. The van der Waals surface area contributed by atoms with Crippen LogP contribution in [0.4, 0.5) is 29.2 Å². The summed E-state index contributed by atoms with van der Waals surface area (Å²) in [4.78, 5) is 29.9. The molecule has 34 heavy (non-hydrogen) atoms. The third-order valence-corrected chi connectivity index (χ3v) is 5.83. The number of para-hydroxylation sites is 2. The molecule has 10 nitrogen and oxygen atoms in total. The van der Waals surface area contributed by atoms with Crippen molar-refractivity contribution in [3.8, 4) is 5.69 Å². The van der Waals surface area contributed by atoms with E-state index in [2.05, 4.69) is 25.4 Å². The maximum absolute atomic E-state index is 12.8. The zero-order chi connectivity index (χ0) is 23.5. The Morgan fingerprint density at radius 2 is 1.50 bits per heavy atom. The number of benzene rings is 2. The van der Waals surface area contributed by atoms with Crippen LogP contribution in [0.2, 0.25) is 5.02 Å². The number of hydrogen-bond donors (Lipinski definition) is 2. The Balaban J connectivity index is 1.31. The van der Waals surface area contributed by atoms with E-state index in [1.807, 2.05) is 70.5 Å². The molecule has 0 saturated carbocycles. The Morgan fingerprint density at radius 1 is 0.853 bits per heavy atom. The van der Waals surface area contributed by atoms with Crippen LogP contribution in [0.1, 0.15) is 0 Å². The molecule has 2 aromatic heterocycles. The van der Waals surface area contributed by atoms with Gasteiger partial charge in [0.15, 0.2) is 0 Å². The molecule has 11 heteroatoms. The van der Waals surface area contributed by atoms with Crippen LogP contribution in [0, 0.1) is 0 Å². The number of rotatable bonds is 5. The first-order valence-electron chi connectivity index (χ1n) is 10.8. The smallest absolute Gasteiger partial charge is 0.292 e. The maximum Gasteiger partial charge on any atom is 0.292 e. The molecule has 0 bridgehead atoms. The highest BCUT2D eigenvalue weighted by Crippen LogP contribution is 2.24. The van der Waals surface area contributed by atoms with Gasteiger partial charge < -0.3 is 20.9 Å². The summed E-state index contributed by atoms with van der Waals surface area (Å²) in [6.07, 6.45) is 1.63. The second-order valence-electron chi connectivity index (χ2n) is 7.68. The summed E-state index contributed by atoms with van der Waals surface area (Å²) in [5.74, 6) is 1.02. The quantitative estimate of drug-likeness (QED) is 0.449. The first-order valence-corrected chi connectivity index (χ1v) is 11.1. The fourth-order valence-corrected chi connectivity index (χ4v) is 4.02. The fourth-order valence-electron chi connectivity index (χ4n) is 3.77. The number of nitrogen functional groups attached to an aromatic ring is 1. The molecule has 1 aliphatic heterocycles. The van der Waals surface area contributed by atoms with Gasteiger partial charge in [-0.25, -0.2) is 0 Å². The van der Waals surface area contributed by atoms with Crippen LogP contribution < -0.4 is 26.4 Å². The summed E-state index contributed by atoms with van der Waals surface area (Å²) in [6.45, 7) is 2.46. The number of hydrogen-bond acceptors (Lipinski definition) is 9. The summed E-state index contributed by atoms with van der Waals surface area (Å²) in [6, 6.07) is 18.8. The minimum atomic E-state index is -0.352. The van der Waals surface area contributed by atoms with Gasteiger partial charge in [0.2, 0.25) is 17.8 Å². The molecule has 172 valence electrons. The number of halogens is 1. The molecule has 0 radical (unpaired) electrons. The third kappa shape index (κ3) is 4.48. The predicted octanol–water partition coefficient (Wildman–Crippen LogP) is 2.72. The van der Waals surface area contributed by atoms with Gasteiger partial charge in [0, 0.05) is 31.9 Å². The zero-order valence-corrected chi connectivity index (χ0v) is 18.9. The second kappa shape index (κ2) is 9.36. The normalized spacial score (nSPS) is 13.7. The van der Waals surface area contributed by atoms with Crippen LogP contribution in [0.3, 0.4) is 0 Å². The van der Waals surface area contributed by atoms with E-state index < -0.39 is 0 Å². The van der Waals surface area contributed by atoms with Crippen molar-refractivity contribution in [2.75, 3.05) is 47.0 Å². The maximum atomic E-state index is 12.8. The topological polar surface area (TPSA) is 118 Å². The Hall–Kier alpha value is -4.18. The SMILES string of the molecule is Nc1nc(Nc2ccccc2)nc(N2CCN(c3cnn(-c4ccccc4)c(=O)c3Cl)CC2)n1. The lowest BCUT2D eigenvalue weighted by Crippen LogP contribution is -2.47. The van der Waals surface area contributed by atoms with Gasteiger partial charge in [0.05, 0.1) is 17.6 Å². The molecule has 0 amide bonds. The number of nitrogens with zero attached hydrogens (tertiary/aromatic N) is 7. The van der Waals surface area contributed by atoms with Gasteiger partial charge in [-0.1, -0.05) is 48.0 Å². The average Bonchev–Trinajstić information content (AvgIpc) is 2.87. The summed E-state index contributed by atoms with van der Waals surface area (Å²) in [5.41, 5.74) is 7.72. The van der Waals surface area contributed by atoms with Gasteiger partial charge in [-0.2, -0.15) is 24.7 Å². The van der Waals surface area contributed by atoms with Crippen molar-refractivity contribution in [2.24, 2.45) is 0 Å². The van der Waals surface area contributed by atoms with E-state index in [1.54, 1.807) is 6.20 Å². The average molecular weight is 476 g/mol. The Labute approximate surface area is 200 Å². The van der Waals surface area contributed by atoms with Crippen LogP contribution in [0.5, 0.6) is 0 Å². The van der Waals surface area contributed by atoms with Crippen LogP contribution in [0.15, 0.2) is 71.7 Å². The highest BCUT2D eigenvalue weighted by Gasteiger charge is 2.23. The van der Waals surface area contributed by atoms with Gasteiger partial charge in [0.25, 0.3) is 5.56 Å². The van der Waals surface area contributed by atoms with E-state index in [4.69, 9.17) is 17.3 Å². The standard InChI is InChI=1S/C23H22ClN9O/c24-19-18(15-26-33(20(19)34)17-9-5-2-6-10-17)31-11-13-32(14-12-31)23-29-21(25)28-22(30-23)27-16-7-3-1-4-8-16/h1-10,15H,11-14H2,(H3,25,27,28,29,30). The second-order valence-corrected chi connectivity index (χ2v) is 8.06. The molecular formula is C23H22ClN9O. The van der Waals surface area contributed by atoms with E-state index in [0.717, 1.165) is 5.69 Å². The van der Waals surface area contributed by atoms with Gasteiger partial charge >= 0.3 is 0 Å². The molecule has 1 fully saturated rings. The van der Waals surface area contributed by atoms with E-state index in [-0.39, 0.29) is 16.5 Å². The first-order chi connectivity index (χ1) is 16.6. The lowest BCUT2D eigenvalue weighted by molar-refractivity contribution is 0.636. The molecule has 0 aliphatic carbocycles. The number of nitrogens with one attached hydrogen (secondary N) is 1. The van der Waals surface area contributed by atoms with Crippen LogP contribution in [-0.4, -0.2) is 50.9 Å². The Kier molecular flexibility index (Phi) is 5.96. The van der Waals surface area contributed by atoms with Crippen LogP contribution in [0.25, 0.3) is 5.69 Å². The number of anilines is 5. The Bertz CT molecular complexity index is 1340. The third-order valence-electron chi connectivity index (χ3n) is 5.48. The molecule has 3 N–H and O–H groups in total. The highest BCUT2D eigenvalue weighted by atomic mass is 35.5. The van der Waals surface area contributed by atoms with Gasteiger partial charge in [-0.3, -0.25) is 4.79 Å². The van der Waals surface area contributed by atoms with Crippen molar-refractivity contribution in [3.05, 3.63) is 82.2 Å². The number of aromatic nitrogens is 5. The minimum absolute atomic E-state index is 0.141.